The number of fused-ring (bicyclic) bond motifs is 2. The van der Waals surface area contributed by atoms with Gasteiger partial charge in [-0.1, -0.05) is 36.6 Å². The van der Waals surface area contributed by atoms with Crippen molar-refractivity contribution < 1.29 is 41.9 Å². The molecule has 3 saturated heterocycles. The molecule has 16 heteroatoms. The number of hydrogen-bond donors (Lipinski definition) is 2. The molecule has 0 bridgehead atoms. The molecule has 6 atom stereocenters. The number of nitrogens with two attached hydrogens (primary N) is 1. The van der Waals surface area contributed by atoms with Crippen molar-refractivity contribution in [3.8, 4) is 5.88 Å². The van der Waals surface area contributed by atoms with Crippen LogP contribution < -0.4 is 20.7 Å². The second kappa shape index (κ2) is 11.2. The molecule has 4 fully saturated rings. The van der Waals surface area contributed by atoms with Crippen molar-refractivity contribution in [2.45, 2.75) is 69.2 Å². The van der Waals surface area contributed by atoms with Gasteiger partial charge in [-0.15, -0.1) is 0 Å². The number of hydrogen-bond acceptors (Lipinski definition) is 14. The van der Waals surface area contributed by atoms with E-state index in [2.05, 4.69) is 15.3 Å². The van der Waals surface area contributed by atoms with Crippen LogP contribution in [0.5, 0.6) is 5.88 Å². The Morgan fingerprint density at radius 3 is 2.88 bits per heavy atom. The van der Waals surface area contributed by atoms with E-state index in [1.165, 1.54) is 12.8 Å². The fourth-order valence-corrected chi connectivity index (χ4v) is 8.02. The number of aromatic nitrogens is 2. The number of benzene rings is 1. The summed E-state index contributed by atoms with van der Waals surface area (Å²) in [5, 5.41) is 3.74. The van der Waals surface area contributed by atoms with Crippen LogP contribution >= 0.6 is 19.4 Å². The highest BCUT2D eigenvalue weighted by molar-refractivity contribution is 7.48. The summed E-state index contributed by atoms with van der Waals surface area (Å²) in [6.07, 6.45) is 1.05. The number of carbonyl (C=O) groups is 1. The fraction of sp³-hybridized carbons (Fsp3) is 0.593. The second-order valence-corrected chi connectivity index (χ2v) is 13.5. The van der Waals surface area contributed by atoms with Gasteiger partial charge in [0.15, 0.2) is 23.8 Å². The molecular weight excluding hydrogens is 605 g/mol. The normalized spacial score (nSPS) is 33.5. The number of carbonyl (C=O) groups excluding carboxylic acids is 1. The highest BCUT2D eigenvalue weighted by Crippen LogP contribution is 2.58. The molecule has 5 aliphatic rings. The van der Waals surface area contributed by atoms with Gasteiger partial charge in [0, 0.05) is 11.4 Å². The Morgan fingerprint density at radius 2 is 2.07 bits per heavy atom. The standard InChI is InChI=1S/C27H33ClN5O9P/c1-27-21(40-26(34)41-27)19(13-38-43(35)37-10-9-18(42-43)16-7-4-8-17(28)11-16)39-24(27)33-14-30-22-20(33)23(32-25(29)31-22)36-12-15-5-2-3-6-15/h4,7-8,11,15,18-19,21,24H,2-3,5-6,9-10,12-14H2,1H3,(H3,29,30,31,32)/t18-,19+,21+,24+,27+,43+/m0/s1. The summed E-state index contributed by atoms with van der Waals surface area (Å²) >= 11 is 6.14. The first-order valence-electron chi connectivity index (χ1n) is 14.4. The number of nitrogens with one attached hydrogen (secondary N) is 1. The zero-order chi connectivity index (χ0) is 29.8. The van der Waals surface area contributed by atoms with Gasteiger partial charge >= 0.3 is 14.0 Å². The van der Waals surface area contributed by atoms with Gasteiger partial charge in [-0.3, -0.25) is 13.6 Å². The highest BCUT2D eigenvalue weighted by atomic mass is 35.5. The molecule has 1 aliphatic carbocycles. The average molecular weight is 638 g/mol. The maximum atomic E-state index is 13.5. The molecule has 1 saturated carbocycles. The maximum absolute atomic E-state index is 13.5. The Kier molecular flexibility index (Phi) is 7.55. The van der Waals surface area contributed by atoms with Gasteiger partial charge in [0.2, 0.25) is 11.8 Å². The Labute approximate surface area is 253 Å². The van der Waals surface area contributed by atoms with Crippen molar-refractivity contribution in [1.82, 2.24) is 9.97 Å². The van der Waals surface area contributed by atoms with Gasteiger partial charge in [0.1, 0.15) is 11.8 Å². The molecule has 14 nitrogen and oxygen atoms in total. The van der Waals surface area contributed by atoms with Crippen molar-refractivity contribution in [2.75, 3.05) is 42.4 Å². The minimum Gasteiger partial charge on any atom is -0.476 e. The lowest BCUT2D eigenvalue weighted by molar-refractivity contribution is -0.0612. The molecule has 3 N–H and O–H groups in total. The molecular formula is C27H33ClN5O9P. The highest BCUT2D eigenvalue weighted by Gasteiger charge is 2.66. The van der Waals surface area contributed by atoms with E-state index in [4.69, 9.17) is 49.9 Å². The minimum atomic E-state index is -3.99. The number of phosphoric ester groups is 1. The monoisotopic (exact) mass is 637 g/mol. The average Bonchev–Trinajstić information content (AvgIpc) is 3.75. The number of nitrogens with zero attached hydrogens (tertiary/aromatic N) is 3. The van der Waals surface area contributed by atoms with Crippen LogP contribution in [0.25, 0.3) is 0 Å². The molecule has 7 rings (SSSR count). The van der Waals surface area contributed by atoms with Crippen LogP contribution in [-0.4, -0.2) is 66.6 Å². The number of halogens is 1. The number of phosphoric acid groups is 1. The SMILES string of the molecule is C[C@@]12OC(=O)O[C@@H]1[C@@H](CO[P@@]1(=O)OCC[C@@H](c3cccc(Cl)c3)O1)O[C@H]2N1CNc2nc(N)nc(OCC3CCCC3)c21. The lowest BCUT2D eigenvalue weighted by atomic mass is 9.96. The number of nitrogen functional groups attached to an aromatic ring is 1. The largest absolute Gasteiger partial charge is 0.509 e. The summed E-state index contributed by atoms with van der Waals surface area (Å²) in [5.41, 5.74) is 6.03. The molecule has 232 valence electrons. The van der Waals surface area contributed by atoms with Crippen molar-refractivity contribution in [3.63, 3.8) is 0 Å². The second-order valence-electron chi connectivity index (χ2n) is 11.5. The van der Waals surface area contributed by atoms with Crippen molar-refractivity contribution in [1.29, 1.82) is 0 Å². The Morgan fingerprint density at radius 1 is 1.23 bits per heavy atom. The lowest BCUT2D eigenvalue weighted by Gasteiger charge is -2.33. The van der Waals surface area contributed by atoms with Gasteiger partial charge in [-0.2, -0.15) is 9.97 Å². The van der Waals surface area contributed by atoms with Gasteiger partial charge < -0.3 is 34.9 Å². The summed E-state index contributed by atoms with van der Waals surface area (Å²) in [6, 6.07) is 7.12. The van der Waals surface area contributed by atoms with Crippen LogP contribution in [0.4, 0.5) is 22.2 Å². The van der Waals surface area contributed by atoms with Crippen LogP contribution in [0, 0.1) is 5.92 Å². The third kappa shape index (κ3) is 5.49. The summed E-state index contributed by atoms with van der Waals surface area (Å²) in [6.45, 7) is 2.36. The van der Waals surface area contributed by atoms with Gasteiger partial charge in [0.25, 0.3) is 0 Å². The Bertz CT molecular complexity index is 1450. The van der Waals surface area contributed by atoms with Crippen LogP contribution in [0.15, 0.2) is 24.3 Å². The molecule has 5 heterocycles. The predicted molar refractivity (Wildman–Crippen MR) is 153 cm³/mol. The quantitative estimate of drug-likeness (QED) is 0.299. The zero-order valence-corrected chi connectivity index (χ0v) is 25.1. The molecule has 0 radical (unpaired) electrons. The summed E-state index contributed by atoms with van der Waals surface area (Å²) < 4.78 is 54.3. The molecule has 43 heavy (non-hydrogen) atoms. The molecule has 1 aromatic heterocycles. The predicted octanol–water partition coefficient (Wildman–Crippen LogP) is 4.79. The topological polar surface area (TPSA) is 166 Å². The third-order valence-corrected chi connectivity index (χ3v) is 10.2. The fourth-order valence-electron chi connectivity index (χ4n) is 6.42. The zero-order valence-electron chi connectivity index (χ0n) is 23.5. The number of rotatable bonds is 8. The Balaban J connectivity index is 1.09. The molecule has 0 spiro atoms. The molecule has 1 aromatic carbocycles. The van der Waals surface area contributed by atoms with E-state index >= 15 is 0 Å². The third-order valence-electron chi connectivity index (χ3n) is 8.51. The molecule has 2 aromatic rings. The van der Waals surface area contributed by atoms with E-state index in [1.807, 2.05) is 11.0 Å². The first-order chi connectivity index (χ1) is 20.7. The smallest absolute Gasteiger partial charge is 0.476 e. The van der Waals surface area contributed by atoms with Gasteiger partial charge in [-0.05, 0) is 43.4 Å². The van der Waals surface area contributed by atoms with E-state index in [1.54, 1.807) is 25.1 Å². The van der Waals surface area contributed by atoms with Crippen LogP contribution in [-0.2, 0) is 32.3 Å². The van der Waals surface area contributed by atoms with Crippen LogP contribution in [0.1, 0.15) is 50.7 Å². The summed E-state index contributed by atoms with van der Waals surface area (Å²) in [7, 11) is -3.99. The van der Waals surface area contributed by atoms with Crippen molar-refractivity contribution in [2.24, 2.45) is 5.92 Å². The first kappa shape index (κ1) is 28.9. The van der Waals surface area contributed by atoms with E-state index in [-0.39, 0.29) is 25.8 Å². The van der Waals surface area contributed by atoms with Crippen molar-refractivity contribution in [3.05, 3.63) is 34.9 Å². The van der Waals surface area contributed by atoms with E-state index in [9.17, 15) is 9.36 Å². The molecule has 0 unspecified atom stereocenters. The summed E-state index contributed by atoms with van der Waals surface area (Å²) in [5.74, 6) is 1.30. The van der Waals surface area contributed by atoms with Crippen molar-refractivity contribution >= 4 is 43.0 Å². The lowest BCUT2D eigenvalue weighted by Crippen LogP contribution is -2.52. The van der Waals surface area contributed by atoms with Crippen LogP contribution in [0.3, 0.4) is 0 Å². The van der Waals surface area contributed by atoms with E-state index < -0.39 is 44.1 Å². The van der Waals surface area contributed by atoms with E-state index in [0.29, 0.717) is 41.4 Å². The number of ether oxygens (including phenoxy) is 4. The van der Waals surface area contributed by atoms with Crippen LogP contribution in [0.2, 0.25) is 5.02 Å². The molecule has 0 amide bonds. The molecule has 4 aliphatic heterocycles. The van der Waals surface area contributed by atoms with E-state index in [0.717, 1.165) is 18.4 Å². The Hall–Kier alpha value is -2.87. The summed E-state index contributed by atoms with van der Waals surface area (Å²) in [4.78, 5) is 23.0. The van der Waals surface area contributed by atoms with Gasteiger partial charge in [-0.25, -0.2) is 9.36 Å². The minimum absolute atomic E-state index is 0.0705. The first-order valence-corrected chi connectivity index (χ1v) is 16.2. The maximum Gasteiger partial charge on any atom is 0.509 e. The number of anilines is 3. The van der Waals surface area contributed by atoms with Gasteiger partial charge in [0.05, 0.1) is 32.6 Å².